The molecule has 170 valence electrons. The highest BCUT2D eigenvalue weighted by Gasteiger charge is 2.03. The summed E-state index contributed by atoms with van der Waals surface area (Å²) < 4.78 is 17.7. The Kier molecular flexibility index (Phi) is 11.0. The van der Waals surface area contributed by atoms with Gasteiger partial charge >= 0.3 is 0 Å². The summed E-state index contributed by atoms with van der Waals surface area (Å²) in [5.74, 6) is 1.67. The van der Waals surface area contributed by atoms with Crippen molar-refractivity contribution >= 4 is 11.8 Å². The molecule has 0 aromatic heterocycles. The lowest BCUT2D eigenvalue weighted by Gasteiger charge is -2.10. The van der Waals surface area contributed by atoms with Crippen LogP contribution >= 0.6 is 0 Å². The molecule has 0 bridgehead atoms. The topological polar surface area (TPSA) is 53.5 Å². The van der Waals surface area contributed by atoms with Crippen molar-refractivity contribution in [3.05, 3.63) is 95.6 Å². The van der Waals surface area contributed by atoms with Gasteiger partial charge in [0.2, 0.25) is 0 Å². The minimum atomic E-state index is 0.264. The fourth-order valence-electron chi connectivity index (χ4n) is 3.17. The van der Waals surface area contributed by atoms with Crippen LogP contribution in [0.25, 0.3) is 6.08 Å². The summed E-state index contributed by atoms with van der Waals surface area (Å²) in [6.07, 6.45) is 4.67. The third kappa shape index (κ3) is 8.53. The van der Waals surface area contributed by atoms with Crippen molar-refractivity contribution in [2.75, 3.05) is 19.2 Å². The number of rotatable bonds is 10. The monoisotopic (exact) mass is 436 g/mol. The Morgan fingerprint density at radius 2 is 1.75 bits per heavy atom. The molecule has 0 saturated heterocycles. The highest BCUT2D eigenvalue weighted by Crippen LogP contribution is 2.25. The van der Waals surface area contributed by atoms with Gasteiger partial charge in [0.25, 0.3) is 0 Å². The lowest BCUT2D eigenvalue weighted by molar-refractivity contribution is 0.284. The molecule has 0 fully saturated rings. The van der Waals surface area contributed by atoms with E-state index in [2.05, 4.69) is 31.0 Å². The molecule has 32 heavy (non-hydrogen) atoms. The molecule has 4 nitrogen and oxygen atoms in total. The first kappa shape index (κ1) is 25.1. The Balaban J connectivity index is 0.000000278. The van der Waals surface area contributed by atoms with Crippen LogP contribution in [0.5, 0.6) is 11.5 Å². The van der Waals surface area contributed by atoms with E-state index in [1.54, 1.807) is 17.7 Å². The van der Waals surface area contributed by atoms with Crippen LogP contribution in [0.15, 0.2) is 73.3 Å². The molecule has 0 radical (unpaired) electrons. The molecule has 3 rings (SSSR count). The average molecular weight is 437 g/mol. The fourth-order valence-corrected chi connectivity index (χ4v) is 3.17. The van der Waals surface area contributed by atoms with E-state index in [1.165, 1.54) is 11.1 Å². The van der Waals surface area contributed by atoms with Gasteiger partial charge in [0.15, 0.2) is 0 Å². The van der Waals surface area contributed by atoms with Gasteiger partial charge in [-0.15, -0.1) is 4.48 Å². The quantitative estimate of drug-likeness (QED) is 0.253. The number of aryl methyl sites for hydroxylation is 2. The Labute approximate surface area is 190 Å². The van der Waals surface area contributed by atoms with E-state index < -0.39 is 0 Å². The average Bonchev–Trinajstić information content (AvgIpc) is 2.82. The third-order valence-corrected chi connectivity index (χ3v) is 4.94. The van der Waals surface area contributed by atoms with E-state index in [-0.39, 0.29) is 6.61 Å². The highest BCUT2D eigenvalue weighted by molar-refractivity contribution is 5.50. The molecule has 0 saturated carbocycles. The third-order valence-electron chi connectivity index (χ3n) is 4.94. The zero-order chi connectivity index (χ0) is 23.2. The van der Waals surface area contributed by atoms with Gasteiger partial charge in [-0.1, -0.05) is 43.0 Å². The van der Waals surface area contributed by atoms with Gasteiger partial charge in [0.1, 0.15) is 11.5 Å². The maximum absolute atomic E-state index is 11.8. The zero-order valence-corrected chi connectivity index (χ0v) is 18.9. The van der Waals surface area contributed by atoms with Crippen LogP contribution in [0.4, 0.5) is 10.2 Å². The second-order valence-corrected chi connectivity index (χ2v) is 7.47. The molecule has 0 unspecified atom stereocenters. The van der Waals surface area contributed by atoms with Gasteiger partial charge in [-0.05, 0) is 91.9 Å². The molecule has 0 aliphatic carbocycles. The fraction of sp³-hybridized carbons (Fsp3) is 0.259. The number of halogens is 1. The van der Waals surface area contributed by atoms with E-state index >= 15 is 0 Å². The van der Waals surface area contributed by atoms with Crippen molar-refractivity contribution in [1.82, 2.24) is 5.32 Å². The summed E-state index contributed by atoms with van der Waals surface area (Å²) in [6, 6.07) is 21.2. The number of aliphatic hydroxyl groups excluding tert-OH is 1. The normalized spacial score (nSPS) is 10.1. The Morgan fingerprint density at radius 3 is 2.38 bits per heavy atom. The van der Waals surface area contributed by atoms with Crippen molar-refractivity contribution in [2.45, 2.75) is 32.7 Å². The van der Waals surface area contributed by atoms with Crippen LogP contribution in [-0.2, 0) is 13.0 Å². The number of unbranched alkanes of at least 4 members (excludes halogenated alkanes) is 1. The number of hydrogen-bond donors (Lipinski definition) is 3. The van der Waals surface area contributed by atoms with E-state index in [9.17, 15) is 4.48 Å². The smallest absolute Gasteiger partial charge is 0.128 e. The molecule has 0 atom stereocenters. The largest absolute Gasteiger partial charge is 0.457 e. The molecule has 0 amide bonds. The summed E-state index contributed by atoms with van der Waals surface area (Å²) in [5, 5.41) is 11.8. The van der Waals surface area contributed by atoms with Crippen LogP contribution in [0.1, 0.15) is 35.1 Å². The number of nitrogens with one attached hydrogen (secondary N) is 2. The summed E-state index contributed by atoms with van der Waals surface area (Å²) in [5.41, 5.74) is 6.80. The van der Waals surface area contributed by atoms with Gasteiger partial charge in [-0.3, -0.25) is 0 Å². The predicted octanol–water partition coefficient (Wildman–Crippen LogP) is 6.45. The molecule has 3 aromatic carbocycles. The number of anilines is 1. The van der Waals surface area contributed by atoms with Gasteiger partial charge < -0.3 is 15.2 Å². The van der Waals surface area contributed by atoms with Crippen molar-refractivity contribution in [3.8, 4) is 11.5 Å². The van der Waals surface area contributed by atoms with E-state index in [0.717, 1.165) is 48.4 Å². The SMILES string of the molecule is C=Cc1cccc(Oc2ccc(CCCCO)c(C)c2)c1.CNCc1ccc(NF)cc1. The van der Waals surface area contributed by atoms with Crippen molar-refractivity contribution in [1.29, 1.82) is 0 Å². The number of hydrogen-bond acceptors (Lipinski definition) is 4. The highest BCUT2D eigenvalue weighted by atomic mass is 19.2. The molecule has 0 spiro atoms. The first-order valence-electron chi connectivity index (χ1n) is 10.8. The van der Waals surface area contributed by atoms with E-state index in [0.29, 0.717) is 5.69 Å². The summed E-state index contributed by atoms with van der Waals surface area (Å²) in [4.78, 5) is 0. The minimum Gasteiger partial charge on any atom is -0.457 e. The number of ether oxygens (including phenoxy) is 1. The van der Waals surface area contributed by atoms with E-state index in [4.69, 9.17) is 9.84 Å². The van der Waals surface area contributed by atoms with Crippen LogP contribution in [-0.4, -0.2) is 18.8 Å². The van der Waals surface area contributed by atoms with Crippen molar-refractivity contribution < 1.29 is 14.3 Å². The van der Waals surface area contributed by atoms with Gasteiger partial charge in [-0.2, -0.15) is 0 Å². The molecule has 5 heteroatoms. The minimum absolute atomic E-state index is 0.264. The summed E-state index contributed by atoms with van der Waals surface area (Å²) in [7, 11) is 1.88. The maximum atomic E-state index is 11.8. The van der Waals surface area contributed by atoms with Crippen molar-refractivity contribution in [2.24, 2.45) is 0 Å². The van der Waals surface area contributed by atoms with E-state index in [1.807, 2.05) is 55.6 Å². The summed E-state index contributed by atoms with van der Waals surface area (Å²) in [6.45, 7) is 6.94. The Morgan fingerprint density at radius 1 is 1.00 bits per heavy atom. The van der Waals surface area contributed by atoms with Crippen LogP contribution in [0, 0.1) is 6.92 Å². The molecule has 0 aliphatic rings. The summed E-state index contributed by atoms with van der Waals surface area (Å²) >= 11 is 0. The first-order valence-corrected chi connectivity index (χ1v) is 10.8. The molecule has 3 N–H and O–H groups in total. The molecular formula is C27H33FN2O2. The predicted molar refractivity (Wildman–Crippen MR) is 132 cm³/mol. The van der Waals surface area contributed by atoms with Crippen LogP contribution < -0.4 is 15.6 Å². The second-order valence-electron chi connectivity index (χ2n) is 7.47. The Hall–Kier alpha value is -3.15. The lowest BCUT2D eigenvalue weighted by Crippen LogP contribution is -2.04. The molecule has 0 heterocycles. The lowest BCUT2D eigenvalue weighted by atomic mass is 10.0. The number of aliphatic hydroxyl groups is 1. The molecular weight excluding hydrogens is 403 g/mol. The maximum Gasteiger partial charge on any atom is 0.128 e. The Bertz CT molecular complexity index is 958. The van der Waals surface area contributed by atoms with Gasteiger partial charge in [-0.25, -0.2) is 5.54 Å². The van der Waals surface area contributed by atoms with Crippen molar-refractivity contribution in [3.63, 3.8) is 0 Å². The van der Waals surface area contributed by atoms with Crippen LogP contribution in [0.3, 0.4) is 0 Å². The first-order chi connectivity index (χ1) is 15.6. The zero-order valence-electron chi connectivity index (χ0n) is 18.9. The van der Waals surface area contributed by atoms with Crippen LogP contribution in [0.2, 0.25) is 0 Å². The molecule has 0 aliphatic heterocycles. The van der Waals surface area contributed by atoms with Gasteiger partial charge in [0, 0.05) is 13.2 Å². The van der Waals surface area contributed by atoms with Gasteiger partial charge in [0.05, 0.1) is 5.69 Å². The standard InChI is InChI=1S/C19H22O2.C8H11FN2/c1-3-16-7-6-9-18(14-16)21-19-11-10-17(15(2)13-19)8-4-5-12-20;1-10-6-7-2-4-8(11-9)5-3-7/h3,6-7,9-11,13-14,20H,1,4-5,8,12H2,2H3;2-5,10-11H,6H2,1H3. The second kappa shape index (κ2) is 14.0. The number of benzene rings is 3. The molecule has 3 aromatic rings.